The molecule has 7 aromatic rings. The number of nitrogens with zero attached hydrogens (tertiary/aromatic N) is 2. The van der Waals surface area contributed by atoms with E-state index < -0.39 is 0 Å². The molecule has 2 aliphatic rings. The van der Waals surface area contributed by atoms with Crippen molar-refractivity contribution < 1.29 is 19.1 Å². The third kappa shape index (κ3) is 8.50. The van der Waals surface area contributed by atoms with Crippen LogP contribution in [-0.2, 0) is 31.9 Å². The highest BCUT2D eigenvalue weighted by molar-refractivity contribution is 6.31. The van der Waals surface area contributed by atoms with E-state index in [1.165, 1.54) is 14.2 Å². The number of fused-ring (bicyclic) bond motifs is 8. The van der Waals surface area contributed by atoms with Crippen molar-refractivity contribution in [2.75, 3.05) is 14.2 Å². The Hall–Kier alpha value is -7.00. The second-order valence-corrected chi connectivity index (χ2v) is 18.1. The number of ether oxygens (including phenoxy) is 2. The van der Waals surface area contributed by atoms with Gasteiger partial charge < -0.3 is 19.4 Å². The van der Waals surface area contributed by atoms with E-state index in [0.29, 0.717) is 21.4 Å². The predicted octanol–water partition coefficient (Wildman–Crippen LogP) is 13.9. The largest absolute Gasteiger partial charge is 0.469 e. The molecular formula is C56H48Cl2N4O4. The van der Waals surface area contributed by atoms with Crippen molar-refractivity contribution in [3.8, 4) is 44.5 Å². The molecule has 0 saturated carbocycles. The van der Waals surface area contributed by atoms with Crippen LogP contribution in [0.4, 0.5) is 0 Å². The maximum Gasteiger partial charge on any atom is 0.309 e. The third-order valence-electron chi connectivity index (χ3n) is 12.3. The number of methoxy groups -OCH3 is 2. The Morgan fingerprint density at radius 3 is 1.11 bits per heavy atom. The third-order valence-corrected chi connectivity index (χ3v) is 12.7. The van der Waals surface area contributed by atoms with Crippen molar-refractivity contribution >= 4 is 81.5 Å². The lowest BCUT2D eigenvalue weighted by Crippen LogP contribution is -2.04. The van der Waals surface area contributed by atoms with Crippen molar-refractivity contribution in [2.24, 2.45) is 0 Å². The van der Waals surface area contributed by atoms with Crippen molar-refractivity contribution in [1.29, 1.82) is 0 Å². The summed E-state index contributed by atoms with van der Waals surface area (Å²) < 4.78 is 10.1. The highest BCUT2D eigenvalue weighted by Crippen LogP contribution is 2.42. The second-order valence-electron chi connectivity index (χ2n) is 17.3. The molecule has 5 heterocycles. The van der Waals surface area contributed by atoms with Gasteiger partial charge in [0.1, 0.15) is 0 Å². The van der Waals surface area contributed by atoms with E-state index >= 15 is 0 Å². The summed E-state index contributed by atoms with van der Waals surface area (Å²) in [6, 6.07) is 28.5. The molecule has 2 N–H and O–H groups in total. The van der Waals surface area contributed by atoms with Crippen molar-refractivity contribution in [2.45, 2.75) is 54.4 Å². The lowest BCUT2D eigenvalue weighted by molar-refractivity contribution is -0.140. The van der Waals surface area contributed by atoms with E-state index in [9.17, 15) is 9.59 Å². The van der Waals surface area contributed by atoms with Crippen LogP contribution in [0.25, 0.3) is 90.9 Å². The molecule has 4 aromatic carbocycles. The number of hydrogen-bond donors (Lipinski definition) is 2. The summed E-state index contributed by atoms with van der Waals surface area (Å²) in [6.07, 6.45) is 8.33. The minimum atomic E-state index is -0.363. The summed E-state index contributed by atoms with van der Waals surface area (Å²) in [5.74, 6) is -0.727. The monoisotopic (exact) mass is 910 g/mol. The predicted molar refractivity (Wildman–Crippen MR) is 270 cm³/mol. The van der Waals surface area contributed by atoms with Crippen molar-refractivity contribution in [3.63, 3.8) is 0 Å². The minimum absolute atomic E-state index is 0.0573. The van der Waals surface area contributed by atoms with Crippen LogP contribution in [0.2, 0.25) is 10.0 Å². The zero-order chi connectivity index (χ0) is 46.6. The number of halogens is 2. The molecule has 0 saturated heterocycles. The zero-order valence-electron chi connectivity index (χ0n) is 38.1. The highest BCUT2D eigenvalue weighted by Gasteiger charge is 2.23. The van der Waals surface area contributed by atoms with Gasteiger partial charge in [-0.1, -0.05) is 70.7 Å². The van der Waals surface area contributed by atoms with Crippen LogP contribution in [0, 0.1) is 41.5 Å². The van der Waals surface area contributed by atoms with E-state index in [0.717, 1.165) is 122 Å². The van der Waals surface area contributed by atoms with Crippen LogP contribution in [0.5, 0.6) is 0 Å². The molecule has 330 valence electrons. The molecule has 9 rings (SSSR count). The lowest BCUT2D eigenvalue weighted by Gasteiger charge is -2.14. The fraction of sp³-hybridized carbons (Fsp3) is 0.179. The fourth-order valence-corrected chi connectivity index (χ4v) is 10.3. The Morgan fingerprint density at radius 1 is 0.455 bits per heavy atom. The van der Waals surface area contributed by atoms with Gasteiger partial charge >= 0.3 is 11.9 Å². The highest BCUT2D eigenvalue weighted by atomic mass is 35.5. The Labute approximate surface area is 394 Å². The Kier molecular flexibility index (Phi) is 11.9. The van der Waals surface area contributed by atoms with Crippen LogP contribution < -0.4 is 0 Å². The summed E-state index contributed by atoms with van der Waals surface area (Å²) in [7, 11) is 2.77. The number of aromatic nitrogens is 4. The van der Waals surface area contributed by atoms with Crippen molar-refractivity contribution in [3.05, 3.63) is 162 Å². The number of aryl methyl sites for hydroxylation is 6. The topological polar surface area (TPSA) is 110 Å². The molecule has 8 bridgehead atoms. The number of esters is 2. The van der Waals surface area contributed by atoms with Crippen LogP contribution in [0.3, 0.4) is 0 Å². The van der Waals surface area contributed by atoms with E-state index in [1.807, 2.05) is 36.4 Å². The van der Waals surface area contributed by atoms with Gasteiger partial charge in [0, 0.05) is 54.4 Å². The molecular weight excluding hydrogens is 864 g/mol. The van der Waals surface area contributed by atoms with E-state index in [2.05, 4.69) is 112 Å². The molecule has 0 fully saturated rings. The number of H-pyrrole nitrogens is 2. The molecule has 0 amide bonds. The minimum Gasteiger partial charge on any atom is -0.469 e. The van der Waals surface area contributed by atoms with E-state index in [1.54, 1.807) is 12.1 Å². The molecule has 0 radical (unpaired) electrons. The van der Waals surface area contributed by atoms with Gasteiger partial charge in [-0.2, -0.15) is 0 Å². The van der Waals surface area contributed by atoms with Gasteiger partial charge in [-0.05, 0) is 170 Å². The standard InChI is InChI=1S/C56H48Cl2N4O4/c1-29-17-31(3)51(32(4)18-29)55-45-13-9-41(59-45)53(37-21-35(23-39(57)27-37)25-49(63)65-7)43-11-15-47(61-43)56(52-33(5)19-30(2)20-34(52)6)48-16-12-44(62-48)54(42-10-14-46(55)60-42)38-22-36(24-40(58)28-38)26-50(64)66-8/h9-24,27-28,59,62H,25-26H2,1-8H3. The van der Waals surface area contributed by atoms with Crippen LogP contribution in [0.15, 0.2) is 84.9 Å². The maximum atomic E-state index is 12.6. The number of carbonyl (C=O) groups excluding carboxylic acids is 2. The van der Waals surface area contributed by atoms with Gasteiger partial charge in [-0.25, -0.2) is 9.97 Å². The van der Waals surface area contributed by atoms with Gasteiger partial charge in [0.05, 0.1) is 49.8 Å². The summed E-state index contributed by atoms with van der Waals surface area (Å²) >= 11 is 13.7. The molecule has 66 heavy (non-hydrogen) atoms. The Bertz CT molecular complexity index is 3160. The summed E-state index contributed by atoms with van der Waals surface area (Å²) in [5, 5.41) is 0.968. The first-order valence-electron chi connectivity index (χ1n) is 21.7. The van der Waals surface area contributed by atoms with Gasteiger partial charge in [0.15, 0.2) is 0 Å². The number of hydrogen-bond acceptors (Lipinski definition) is 6. The summed E-state index contributed by atoms with van der Waals surface area (Å²) in [5.41, 5.74) is 21.6. The summed E-state index contributed by atoms with van der Waals surface area (Å²) in [4.78, 5) is 43.8. The average Bonchev–Trinajstić information content (AvgIpc) is 4.10. The average molecular weight is 912 g/mol. The van der Waals surface area contributed by atoms with Crippen LogP contribution in [0.1, 0.15) is 67.3 Å². The second kappa shape index (κ2) is 17.8. The van der Waals surface area contributed by atoms with Gasteiger partial charge in [0.25, 0.3) is 0 Å². The van der Waals surface area contributed by atoms with Crippen molar-refractivity contribution in [1.82, 2.24) is 19.9 Å². The number of rotatable bonds is 8. The van der Waals surface area contributed by atoms with E-state index in [-0.39, 0.29) is 24.8 Å². The smallest absolute Gasteiger partial charge is 0.309 e. The maximum absolute atomic E-state index is 12.6. The van der Waals surface area contributed by atoms with Gasteiger partial charge in [0.2, 0.25) is 0 Å². The first kappa shape index (κ1) is 44.2. The number of benzene rings is 4. The first-order valence-corrected chi connectivity index (χ1v) is 22.5. The molecule has 10 heteroatoms. The Balaban J connectivity index is 1.48. The van der Waals surface area contributed by atoms with Gasteiger partial charge in [-0.3, -0.25) is 9.59 Å². The first-order chi connectivity index (χ1) is 31.7. The molecule has 3 aromatic heterocycles. The fourth-order valence-electron chi connectivity index (χ4n) is 9.76. The molecule has 0 aliphatic carbocycles. The van der Waals surface area contributed by atoms with Gasteiger partial charge in [-0.15, -0.1) is 0 Å². The SMILES string of the molecule is COC(=O)Cc1cc(Cl)cc(-c2c3nc(c(-c4c(C)cc(C)cc4C)c4ccc([nH]4)c(-c4cc(Cl)cc(CC(=O)OC)c4)c4nc(c(-c5c(C)cc(C)cc5C)c5ccc2[nH]5)C=C4)C=C3)c1. The normalized spacial score (nSPS) is 11.9. The molecule has 8 nitrogen and oxygen atoms in total. The molecule has 0 unspecified atom stereocenters. The zero-order valence-corrected chi connectivity index (χ0v) is 39.6. The van der Waals surface area contributed by atoms with Crippen LogP contribution >= 0.6 is 23.2 Å². The lowest BCUT2D eigenvalue weighted by atomic mass is 9.92. The quantitative estimate of drug-likeness (QED) is 0.147. The molecule has 0 atom stereocenters. The number of carbonyl (C=O) groups is 2. The van der Waals surface area contributed by atoms with Crippen LogP contribution in [-0.4, -0.2) is 46.1 Å². The summed E-state index contributed by atoms with van der Waals surface area (Å²) in [6.45, 7) is 12.8. The number of aromatic amines is 2. The molecule has 0 spiro atoms. The van der Waals surface area contributed by atoms with E-state index in [4.69, 9.17) is 42.6 Å². The number of nitrogens with one attached hydrogen (secondary N) is 2. The molecule has 2 aliphatic heterocycles. The Morgan fingerprint density at radius 2 is 0.773 bits per heavy atom.